The predicted octanol–water partition coefficient (Wildman–Crippen LogP) is 3.31. The summed E-state index contributed by atoms with van der Waals surface area (Å²) in [5.74, 6) is -0.699. The zero-order valence-corrected chi connectivity index (χ0v) is 12.8. The Hall–Kier alpha value is -3.04. The minimum atomic E-state index is -4.39. The van der Waals surface area contributed by atoms with Gasteiger partial charge in [0.1, 0.15) is 5.69 Å². The van der Waals surface area contributed by atoms with Crippen LogP contribution >= 0.6 is 0 Å². The third kappa shape index (κ3) is 3.03. The van der Waals surface area contributed by atoms with Gasteiger partial charge in [-0.05, 0) is 35.7 Å². The fraction of sp³-hybridized carbons (Fsp3) is 0. The van der Waals surface area contributed by atoms with E-state index in [0.29, 0.717) is 11.2 Å². The van der Waals surface area contributed by atoms with E-state index >= 15 is 0 Å². The molecule has 3 rings (SSSR count). The van der Waals surface area contributed by atoms with Gasteiger partial charge in [0.15, 0.2) is 17.3 Å². The first-order valence-corrected chi connectivity index (χ1v) is 8.09. The van der Waals surface area contributed by atoms with Gasteiger partial charge in [-0.2, -0.15) is 8.42 Å². The summed E-state index contributed by atoms with van der Waals surface area (Å²) < 4.78 is 31.5. The summed E-state index contributed by atoms with van der Waals surface area (Å²) in [6, 6.07) is 9.85. The van der Waals surface area contributed by atoms with Crippen LogP contribution in [0.1, 0.15) is 0 Å². The van der Waals surface area contributed by atoms with Gasteiger partial charge in [-0.25, -0.2) is 4.98 Å². The number of hydrogen-bond donors (Lipinski definition) is 3. The monoisotopic (exact) mass is 345 g/mol. The Morgan fingerprint density at radius 2 is 1.79 bits per heavy atom. The van der Waals surface area contributed by atoms with Gasteiger partial charge in [0.05, 0.1) is 4.90 Å². The molecule has 2 aromatic carbocycles. The average Bonchev–Trinajstić information content (AvgIpc) is 2.55. The number of hydrogen-bond acceptors (Lipinski definition) is 7. The smallest absolute Gasteiger partial charge is 0.294 e. The van der Waals surface area contributed by atoms with Crippen molar-refractivity contribution in [3.05, 3.63) is 48.7 Å². The van der Waals surface area contributed by atoms with Crippen molar-refractivity contribution in [2.75, 3.05) is 0 Å². The summed E-state index contributed by atoms with van der Waals surface area (Å²) in [6.07, 6.45) is 1.52. The molecule has 122 valence electrons. The third-order valence-electron chi connectivity index (χ3n) is 3.24. The van der Waals surface area contributed by atoms with Crippen molar-refractivity contribution in [1.29, 1.82) is 0 Å². The molecule has 0 saturated heterocycles. The Labute approximate surface area is 136 Å². The second kappa shape index (κ2) is 5.87. The van der Waals surface area contributed by atoms with E-state index < -0.39 is 21.6 Å². The highest BCUT2D eigenvalue weighted by Crippen LogP contribution is 2.43. The minimum Gasteiger partial charge on any atom is -0.504 e. The van der Waals surface area contributed by atoms with Crippen molar-refractivity contribution >= 4 is 32.4 Å². The molecule has 3 N–H and O–H groups in total. The van der Waals surface area contributed by atoms with Crippen LogP contribution in [0.3, 0.4) is 0 Å². The van der Waals surface area contributed by atoms with Crippen molar-refractivity contribution in [3.63, 3.8) is 0 Å². The predicted molar refractivity (Wildman–Crippen MR) is 85.5 cm³/mol. The molecule has 0 unspecified atom stereocenters. The SMILES string of the molecule is O=S(=O)(O)c1ccc2c(/N=N/c3ccccn3)c(O)c(O)cc2c1. The molecule has 0 fully saturated rings. The zero-order chi connectivity index (χ0) is 17.3. The van der Waals surface area contributed by atoms with E-state index in [-0.39, 0.29) is 16.0 Å². The summed E-state index contributed by atoms with van der Waals surface area (Å²) in [5, 5.41) is 28.2. The van der Waals surface area contributed by atoms with Crippen molar-refractivity contribution in [3.8, 4) is 11.5 Å². The van der Waals surface area contributed by atoms with Crippen LogP contribution in [0.25, 0.3) is 10.8 Å². The Morgan fingerprint density at radius 3 is 2.46 bits per heavy atom. The van der Waals surface area contributed by atoms with E-state index in [0.717, 1.165) is 12.1 Å². The first-order valence-electron chi connectivity index (χ1n) is 6.65. The number of benzene rings is 2. The molecule has 1 heterocycles. The third-order valence-corrected chi connectivity index (χ3v) is 4.09. The molecule has 0 spiro atoms. The Morgan fingerprint density at radius 1 is 1.00 bits per heavy atom. The molecule has 0 saturated carbocycles. The Kier molecular flexibility index (Phi) is 3.87. The number of aromatic hydroxyl groups is 2. The largest absolute Gasteiger partial charge is 0.504 e. The highest BCUT2D eigenvalue weighted by molar-refractivity contribution is 7.85. The van der Waals surface area contributed by atoms with Gasteiger partial charge in [0, 0.05) is 11.6 Å². The molecule has 0 amide bonds. The second-order valence-electron chi connectivity index (χ2n) is 4.84. The van der Waals surface area contributed by atoms with E-state index in [4.69, 9.17) is 4.55 Å². The molecule has 3 aromatic rings. The van der Waals surface area contributed by atoms with Crippen molar-refractivity contribution in [2.45, 2.75) is 4.90 Å². The van der Waals surface area contributed by atoms with E-state index in [1.807, 2.05) is 0 Å². The van der Waals surface area contributed by atoms with Gasteiger partial charge in [-0.3, -0.25) is 4.55 Å². The van der Waals surface area contributed by atoms with Gasteiger partial charge in [-0.15, -0.1) is 10.2 Å². The van der Waals surface area contributed by atoms with Crippen LogP contribution in [0.15, 0.2) is 63.8 Å². The molecule has 0 aliphatic heterocycles. The summed E-state index contributed by atoms with van der Waals surface area (Å²) in [6.45, 7) is 0. The first-order chi connectivity index (χ1) is 11.4. The number of nitrogens with zero attached hydrogens (tertiary/aromatic N) is 3. The number of fused-ring (bicyclic) bond motifs is 1. The lowest BCUT2D eigenvalue weighted by Crippen LogP contribution is -1.97. The van der Waals surface area contributed by atoms with Crippen LogP contribution in [0.2, 0.25) is 0 Å². The van der Waals surface area contributed by atoms with Crippen LogP contribution in [-0.2, 0) is 10.1 Å². The zero-order valence-electron chi connectivity index (χ0n) is 12.0. The van der Waals surface area contributed by atoms with Gasteiger partial charge in [-0.1, -0.05) is 12.1 Å². The molecule has 0 bridgehead atoms. The lowest BCUT2D eigenvalue weighted by Gasteiger charge is -2.07. The normalized spacial score (nSPS) is 12.0. The van der Waals surface area contributed by atoms with Crippen LogP contribution < -0.4 is 0 Å². The summed E-state index contributed by atoms with van der Waals surface area (Å²) in [5.41, 5.74) is -0.0439. The fourth-order valence-corrected chi connectivity index (χ4v) is 2.63. The van der Waals surface area contributed by atoms with Crippen molar-refractivity contribution in [1.82, 2.24) is 4.98 Å². The highest BCUT2D eigenvalue weighted by Gasteiger charge is 2.16. The maximum absolute atomic E-state index is 11.2. The summed E-state index contributed by atoms with van der Waals surface area (Å²) in [7, 11) is -4.39. The van der Waals surface area contributed by atoms with Gasteiger partial charge >= 0.3 is 0 Å². The Bertz CT molecular complexity index is 1050. The number of aromatic nitrogens is 1. The van der Waals surface area contributed by atoms with Gasteiger partial charge < -0.3 is 10.2 Å². The summed E-state index contributed by atoms with van der Waals surface area (Å²) >= 11 is 0. The molecule has 8 nitrogen and oxygen atoms in total. The quantitative estimate of drug-likeness (QED) is 0.379. The molecule has 24 heavy (non-hydrogen) atoms. The number of rotatable bonds is 3. The van der Waals surface area contributed by atoms with Crippen LogP contribution in [0, 0.1) is 0 Å². The van der Waals surface area contributed by atoms with E-state index in [1.54, 1.807) is 18.2 Å². The molecule has 9 heteroatoms. The van der Waals surface area contributed by atoms with E-state index in [9.17, 15) is 18.6 Å². The average molecular weight is 345 g/mol. The lowest BCUT2D eigenvalue weighted by molar-refractivity contribution is 0.406. The molecule has 1 aromatic heterocycles. The molecule has 0 atom stereocenters. The maximum atomic E-state index is 11.2. The Balaban J connectivity index is 2.19. The van der Waals surface area contributed by atoms with Gasteiger partial charge in [0.25, 0.3) is 10.1 Å². The molecule has 0 aliphatic carbocycles. The lowest BCUT2D eigenvalue weighted by atomic mass is 10.1. The fourth-order valence-electron chi connectivity index (χ4n) is 2.12. The second-order valence-corrected chi connectivity index (χ2v) is 6.26. The molecular weight excluding hydrogens is 334 g/mol. The number of pyridine rings is 1. The van der Waals surface area contributed by atoms with E-state index in [2.05, 4.69) is 15.2 Å². The number of phenols is 2. The van der Waals surface area contributed by atoms with Crippen molar-refractivity contribution < 1.29 is 23.2 Å². The highest BCUT2D eigenvalue weighted by atomic mass is 32.2. The van der Waals surface area contributed by atoms with Crippen molar-refractivity contribution in [2.24, 2.45) is 10.2 Å². The maximum Gasteiger partial charge on any atom is 0.294 e. The van der Waals surface area contributed by atoms with E-state index in [1.165, 1.54) is 18.3 Å². The van der Waals surface area contributed by atoms with Crippen LogP contribution in [0.5, 0.6) is 11.5 Å². The summed E-state index contributed by atoms with van der Waals surface area (Å²) in [4.78, 5) is 3.62. The number of azo groups is 1. The van der Waals surface area contributed by atoms with Crippen LogP contribution in [0.4, 0.5) is 11.5 Å². The van der Waals surface area contributed by atoms with Gasteiger partial charge in [0.2, 0.25) is 0 Å². The number of phenolic OH excluding ortho intramolecular Hbond substituents is 2. The first kappa shape index (κ1) is 15.8. The van der Waals surface area contributed by atoms with Crippen LogP contribution in [-0.4, -0.2) is 28.2 Å². The topological polar surface area (TPSA) is 132 Å². The molecule has 0 radical (unpaired) electrons. The molecular formula is C15H11N3O5S. The minimum absolute atomic E-state index is 0.0439. The standard InChI is InChI=1S/C15H11N3O5S/c19-12-8-9-7-10(24(21,22)23)4-5-11(9)14(15(12)20)18-17-13-3-1-2-6-16-13/h1-8,19-20H,(H,21,22,23)/b18-17+. The molecule has 0 aliphatic rings.